The van der Waals surface area contributed by atoms with Crippen LogP contribution in [-0.4, -0.2) is 43.0 Å². The fraction of sp³-hybridized carbons (Fsp3) is 0.368. The summed E-state index contributed by atoms with van der Waals surface area (Å²) in [6.07, 6.45) is 0. The highest BCUT2D eigenvalue weighted by atomic mass is 19.1. The quantitative estimate of drug-likeness (QED) is 0.852. The van der Waals surface area contributed by atoms with Crippen LogP contribution in [0.15, 0.2) is 36.4 Å². The van der Waals surface area contributed by atoms with Crippen LogP contribution in [0.25, 0.3) is 11.1 Å². The predicted molar refractivity (Wildman–Crippen MR) is 89.3 cm³/mol. The highest BCUT2D eigenvalue weighted by molar-refractivity contribution is 5.64. The zero-order chi connectivity index (χ0) is 16.4. The van der Waals surface area contributed by atoms with Gasteiger partial charge in [0.2, 0.25) is 0 Å². The van der Waals surface area contributed by atoms with Crippen molar-refractivity contribution < 1.29 is 8.78 Å². The first kappa shape index (κ1) is 16.1. The van der Waals surface area contributed by atoms with Crippen molar-refractivity contribution in [1.29, 1.82) is 0 Å². The third-order valence-electron chi connectivity index (χ3n) is 4.55. The molecule has 0 spiro atoms. The molecule has 0 N–H and O–H groups in total. The molecule has 1 heterocycles. The molecular formula is C19H22F2N2. The summed E-state index contributed by atoms with van der Waals surface area (Å²) in [4.78, 5) is 4.55. The lowest BCUT2D eigenvalue weighted by molar-refractivity contribution is 0.147. The van der Waals surface area contributed by atoms with E-state index in [9.17, 15) is 8.78 Å². The summed E-state index contributed by atoms with van der Waals surface area (Å²) in [7, 11) is 2.10. The number of rotatable bonds is 3. The maximum absolute atomic E-state index is 14.4. The van der Waals surface area contributed by atoms with Crippen molar-refractivity contribution in [1.82, 2.24) is 9.80 Å². The van der Waals surface area contributed by atoms with Gasteiger partial charge in [-0.2, -0.15) is 0 Å². The van der Waals surface area contributed by atoms with E-state index < -0.39 is 0 Å². The second-order valence-corrected chi connectivity index (χ2v) is 6.35. The molecule has 1 saturated heterocycles. The number of nitrogens with zero attached hydrogens (tertiary/aromatic N) is 2. The van der Waals surface area contributed by atoms with Crippen molar-refractivity contribution in [2.75, 3.05) is 33.2 Å². The second-order valence-electron chi connectivity index (χ2n) is 6.35. The van der Waals surface area contributed by atoms with Gasteiger partial charge < -0.3 is 4.90 Å². The fourth-order valence-corrected chi connectivity index (χ4v) is 2.87. The molecule has 1 aliphatic rings. The third kappa shape index (κ3) is 3.77. The molecule has 0 saturated carbocycles. The average Bonchev–Trinajstić information content (AvgIpc) is 2.54. The van der Waals surface area contributed by atoms with Gasteiger partial charge in [0.25, 0.3) is 0 Å². The van der Waals surface area contributed by atoms with Crippen molar-refractivity contribution >= 4 is 0 Å². The van der Waals surface area contributed by atoms with Gasteiger partial charge in [-0.15, -0.1) is 0 Å². The van der Waals surface area contributed by atoms with Crippen molar-refractivity contribution in [2.45, 2.75) is 13.5 Å². The van der Waals surface area contributed by atoms with E-state index in [4.69, 9.17) is 0 Å². The van der Waals surface area contributed by atoms with E-state index in [2.05, 4.69) is 16.8 Å². The maximum atomic E-state index is 14.4. The van der Waals surface area contributed by atoms with Gasteiger partial charge in [-0.05, 0) is 42.8 Å². The summed E-state index contributed by atoms with van der Waals surface area (Å²) in [6.45, 7) is 6.30. The lowest BCUT2D eigenvalue weighted by atomic mass is 10.0. The van der Waals surface area contributed by atoms with Gasteiger partial charge >= 0.3 is 0 Å². The van der Waals surface area contributed by atoms with E-state index in [1.54, 1.807) is 13.0 Å². The molecule has 2 aromatic rings. The number of piperazine rings is 1. The Hall–Kier alpha value is -1.78. The van der Waals surface area contributed by atoms with E-state index in [0.29, 0.717) is 28.8 Å². The Morgan fingerprint density at radius 3 is 2.09 bits per heavy atom. The van der Waals surface area contributed by atoms with E-state index in [0.717, 1.165) is 26.2 Å². The van der Waals surface area contributed by atoms with Crippen molar-refractivity contribution in [3.63, 3.8) is 0 Å². The standard InChI is InChI=1S/C19H22F2N2/c1-14-3-4-15(11-18(14)20)16-5-6-17(19(21)12-16)13-23-9-7-22(2)8-10-23/h3-6,11-12H,7-10,13H2,1-2H3. The molecule has 23 heavy (non-hydrogen) atoms. The number of likely N-dealkylation sites (N-methyl/N-ethyl adjacent to an activating group) is 1. The summed E-state index contributed by atoms with van der Waals surface area (Å²) in [5.74, 6) is -0.480. The SMILES string of the molecule is Cc1ccc(-c2ccc(CN3CCN(C)CC3)c(F)c2)cc1F. The number of hydrogen-bond donors (Lipinski definition) is 0. The highest BCUT2D eigenvalue weighted by Crippen LogP contribution is 2.24. The topological polar surface area (TPSA) is 6.48 Å². The van der Waals surface area contributed by atoms with Crippen LogP contribution in [0.5, 0.6) is 0 Å². The van der Waals surface area contributed by atoms with Crippen molar-refractivity contribution in [3.8, 4) is 11.1 Å². The van der Waals surface area contributed by atoms with Crippen LogP contribution in [0.4, 0.5) is 8.78 Å². The molecule has 1 fully saturated rings. The van der Waals surface area contributed by atoms with Gasteiger partial charge in [-0.25, -0.2) is 8.78 Å². The normalized spacial score (nSPS) is 16.7. The molecule has 122 valence electrons. The Kier molecular flexibility index (Phi) is 4.74. The molecule has 3 rings (SSSR count). The number of hydrogen-bond acceptors (Lipinski definition) is 2. The summed E-state index contributed by atoms with van der Waals surface area (Å²) >= 11 is 0. The Morgan fingerprint density at radius 1 is 0.870 bits per heavy atom. The molecule has 2 nitrogen and oxygen atoms in total. The van der Waals surface area contributed by atoms with Gasteiger partial charge in [-0.3, -0.25) is 4.90 Å². The minimum atomic E-state index is -0.260. The lowest BCUT2D eigenvalue weighted by Gasteiger charge is -2.32. The first-order chi connectivity index (χ1) is 11.0. The van der Waals surface area contributed by atoms with Crippen LogP contribution in [0, 0.1) is 18.6 Å². The number of benzene rings is 2. The van der Waals surface area contributed by atoms with E-state index >= 15 is 0 Å². The first-order valence-electron chi connectivity index (χ1n) is 7.99. The van der Waals surface area contributed by atoms with Crippen LogP contribution in [0.3, 0.4) is 0 Å². The van der Waals surface area contributed by atoms with Crippen LogP contribution in [-0.2, 0) is 6.54 Å². The van der Waals surface area contributed by atoms with E-state index in [1.807, 2.05) is 18.2 Å². The minimum absolute atomic E-state index is 0.220. The van der Waals surface area contributed by atoms with Crippen molar-refractivity contribution in [2.24, 2.45) is 0 Å². The summed E-state index contributed by atoms with van der Waals surface area (Å²) in [6, 6.07) is 10.2. The van der Waals surface area contributed by atoms with Gasteiger partial charge in [0.15, 0.2) is 0 Å². The number of halogens is 2. The average molecular weight is 316 g/mol. The fourth-order valence-electron chi connectivity index (χ4n) is 2.87. The molecule has 2 aromatic carbocycles. The second kappa shape index (κ2) is 6.77. The van der Waals surface area contributed by atoms with Gasteiger partial charge in [0.05, 0.1) is 0 Å². The monoisotopic (exact) mass is 316 g/mol. The van der Waals surface area contributed by atoms with E-state index in [1.165, 1.54) is 12.1 Å². The zero-order valence-corrected chi connectivity index (χ0v) is 13.6. The maximum Gasteiger partial charge on any atom is 0.128 e. The van der Waals surface area contributed by atoms with Crippen LogP contribution >= 0.6 is 0 Å². The molecular weight excluding hydrogens is 294 g/mol. The summed E-state index contributed by atoms with van der Waals surface area (Å²) in [5, 5.41) is 0. The van der Waals surface area contributed by atoms with Crippen molar-refractivity contribution in [3.05, 3.63) is 59.2 Å². The molecule has 0 unspecified atom stereocenters. The smallest absolute Gasteiger partial charge is 0.128 e. The predicted octanol–water partition coefficient (Wildman–Crippen LogP) is 3.69. The summed E-state index contributed by atoms with van der Waals surface area (Å²) in [5.41, 5.74) is 2.72. The largest absolute Gasteiger partial charge is 0.304 e. The Morgan fingerprint density at radius 2 is 1.48 bits per heavy atom. The molecule has 0 aromatic heterocycles. The molecule has 0 amide bonds. The molecule has 4 heteroatoms. The third-order valence-corrected chi connectivity index (χ3v) is 4.55. The van der Waals surface area contributed by atoms with Crippen LogP contribution in [0.1, 0.15) is 11.1 Å². The van der Waals surface area contributed by atoms with Gasteiger partial charge in [0, 0.05) is 38.3 Å². The Labute approximate surface area is 136 Å². The van der Waals surface area contributed by atoms with E-state index in [-0.39, 0.29) is 11.6 Å². The molecule has 0 aliphatic carbocycles. The number of aryl methyl sites for hydroxylation is 1. The summed E-state index contributed by atoms with van der Waals surface area (Å²) < 4.78 is 28.1. The van der Waals surface area contributed by atoms with Gasteiger partial charge in [0.1, 0.15) is 11.6 Å². The van der Waals surface area contributed by atoms with Crippen LogP contribution < -0.4 is 0 Å². The zero-order valence-electron chi connectivity index (χ0n) is 13.6. The van der Waals surface area contributed by atoms with Crippen LogP contribution in [0.2, 0.25) is 0 Å². The molecule has 0 bridgehead atoms. The Balaban J connectivity index is 1.76. The molecule has 0 atom stereocenters. The molecule has 1 aliphatic heterocycles. The molecule has 0 radical (unpaired) electrons. The lowest BCUT2D eigenvalue weighted by Crippen LogP contribution is -2.44. The Bertz CT molecular complexity index is 692. The van der Waals surface area contributed by atoms with Gasteiger partial charge in [-0.1, -0.05) is 24.3 Å². The minimum Gasteiger partial charge on any atom is -0.304 e. The highest BCUT2D eigenvalue weighted by Gasteiger charge is 2.16. The first-order valence-corrected chi connectivity index (χ1v) is 7.99.